The molecule has 1 aromatic carbocycles. The van der Waals surface area contributed by atoms with E-state index in [1.165, 1.54) is 24.7 Å². The number of nitrogens with zero attached hydrogens (tertiary/aromatic N) is 2. The van der Waals surface area contributed by atoms with E-state index in [2.05, 4.69) is 14.6 Å². The third kappa shape index (κ3) is 3.01. The summed E-state index contributed by atoms with van der Waals surface area (Å²) >= 11 is 1.17. The van der Waals surface area contributed by atoms with Gasteiger partial charge in [0.05, 0.1) is 18.0 Å². The average molecular weight is 467 g/mol. The Bertz CT molecular complexity index is 1280. The second-order valence-corrected chi connectivity index (χ2v) is 9.44. The van der Waals surface area contributed by atoms with Crippen LogP contribution in [0.15, 0.2) is 15.7 Å². The number of hydrogen-bond acceptors (Lipinski definition) is 6. The number of piperidine rings is 1. The van der Waals surface area contributed by atoms with Crippen LogP contribution in [0, 0.1) is 11.7 Å². The van der Waals surface area contributed by atoms with E-state index in [-0.39, 0.29) is 29.2 Å². The molecule has 1 saturated carbocycles. The molecule has 4 heterocycles. The third-order valence-corrected chi connectivity index (χ3v) is 7.71. The SMILES string of the molecule is COc1c(N2C[C@@H]3CCCN[C@@H]3C2)c(F)cc2c(=O)c3c(=O)[nH]sc3n(C3CC3)c12.Cl. The predicted octanol–water partition coefficient (Wildman–Crippen LogP) is 3.00. The molecule has 0 bridgehead atoms. The Morgan fingerprint density at radius 2 is 2.03 bits per heavy atom. The van der Waals surface area contributed by atoms with Crippen molar-refractivity contribution in [2.45, 2.75) is 37.8 Å². The number of ether oxygens (including phenoxy) is 1. The number of H-pyrrole nitrogens is 1. The van der Waals surface area contributed by atoms with Crippen LogP contribution in [0.2, 0.25) is 0 Å². The van der Waals surface area contributed by atoms with Gasteiger partial charge in [-0.3, -0.25) is 14.0 Å². The van der Waals surface area contributed by atoms with Crippen LogP contribution in [0.1, 0.15) is 31.7 Å². The zero-order valence-electron chi connectivity index (χ0n) is 17.1. The van der Waals surface area contributed by atoms with Crippen molar-refractivity contribution >= 4 is 50.7 Å². The normalized spacial score (nSPS) is 23.2. The van der Waals surface area contributed by atoms with Crippen LogP contribution >= 0.6 is 23.9 Å². The van der Waals surface area contributed by atoms with Crippen molar-refractivity contribution in [2.24, 2.45) is 5.92 Å². The van der Waals surface area contributed by atoms with Crippen molar-refractivity contribution in [2.75, 3.05) is 31.6 Å². The van der Waals surface area contributed by atoms with Gasteiger partial charge in [-0.1, -0.05) is 0 Å². The molecule has 6 rings (SSSR count). The molecule has 3 aromatic rings. The molecular weight excluding hydrogens is 443 g/mol. The maximum Gasteiger partial charge on any atom is 0.271 e. The summed E-state index contributed by atoms with van der Waals surface area (Å²) in [4.78, 5) is 28.1. The van der Waals surface area contributed by atoms with Crippen molar-refractivity contribution in [3.63, 3.8) is 0 Å². The zero-order chi connectivity index (χ0) is 20.6. The summed E-state index contributed by atoms with van der Waals surface area (Å²) in [6.07, 6.45) is 4.20. The van der Waals surface area contributed by atoms with Gasteiger partial charge < -0.3 is 19.5 Å². The summed E-state index contributed by atoms with van der Waals surface area (Å²) in [6, 6.07) is 1.85. The van der Waals surface area contributed by atoms with Gasteiger partial charge >= 0.3 is 0 Å². The largest absolute Gasteiger partial charge is 0.492 e. The summed E-state index contributed by atoms with van der Waals surface area (Å²) in [5.74, 6) is 0.417. The van der Waals surface area contributed by atoms with Crippen LogP contribution in [0.5, 0.6) is 5.75 Å². The molecule has 0 amide bonds. The van der Waals surface area contributed by atoms with Gasteiger partial charge in [0.25, 0.3) is 5.56 Å². The Labute approximate surface area is 187 Å². The highest BCUT2D eigenvalue weighted by Gasteiger charge is 2.38. The highest BCUT2D eigenvalue weighted by molar-refractivity contribution is 7.12. The maximum absolute atomic E-state index is 15.5. The molecule has 2 N–H and O–H groups in total. The van der Waals surface area contributed by atoms with Gasteiger partial charge in [-0.2, -0.15) is 0 Å². The van der Waals surface area contributed by atoms with Crippen molar-refractivity contribution in [1.29, 1.82) is 0 Å². The minimum atomic E-state index is -0.469. The van der Waals surface area contributed by atoms with E-state index in [9.17, 15) is 9.59 Å². The number of aromatic nitrogens is 2. The van der Waals surface area contributed by atoms with E-state index in [1.54, 1.807) is 0 Å². The standard InChI is InChI=1S/C21H23FN4O3S.ClH/c1-29-19-16-12(18(27)15-20(28)24-30-21(15)26(16)11-4-5-11)7-13(22)17(19)25-8-10-3-2-6-23-14(10)9-25;/h7,10-11,14,23H,2-6,8-9H2,1H3,(H,24,28);1H/t10-,14+;/m0./s1. The molecule has 2 saturated heterocycles. The molecule has 3 fully saturated rings. The van der Waals surface area contributed by atoms with Crippen molar-refractivity contribution < 1.29 is 9.13 Å². The first-order valence-electron chi connectivity index (χ1n) is 10.5. The van der Waals surface area contributed by atoms with Gasteiger partial charge in [0.1, 0.15) is 15.9 Å². The molecule has 2 aromatic heterocycles. The number of nitrogens with one attached hydrogen (secondary N) is 2. The first-order valence-corrected chi connectivity index (χ1v) is 11.3. The number of rotatable bonds is 3. The van der Waals surface area contributed by atoms with Crippen molar-refractivity contribution in [1.82, 2.24) is 14.3 Å². The Morgan fingerprint density at radius 1 is 1.23 bits per heavy atom. The molecule has 2 aliphatic heterocycles. The molecule has 0 radical (unpaired) electrons. The number of benzene rings is 1. The Hall–Kier alpha value is -2.10. The van der Waals surface area contributed by atoms with E-state index in [0.29, 0.717) is 33.7 Å². The van der Waals surface area contributed by atoms with Crippen LogP contribution in [-0.2, 0) is 0 Å². The van der Waals surface area contributed by atoms with Gasteiger partial charge in [-0.15, -0.1) is 12.4 Å². The molecule has 10 heteroatoms. The molecule has 166 valence electrons. The summed E-state index contributed by atoms with van der Waals surface area (Å²) in [5.41, 5.74) is 0.193. The van der Waals surface area contributed by atoms with Gasteiger partial charge in [0, 0.05) is 25.2 Å². The lowest BCUT2D eigenvalue weighted by molar-refractivity contribution is 0.340. The topological polar surface area (TPSA) is 79.4 Å². The van der Waals surface area contributed by atoms with Gasteiger partial charge in [-0.25, -0.2) is 4.39 Å². The molecule has 31 heavy (non-hydrogen) atoms. The van der Waals surface area contributed by atoms with Crippen LogP contribution in [0.25, 0.3) is 21.1 Å². The highest BCUT2D eigenvalue weighted by Crippen LogP contribution is 2.46. The molecule has 2 atom stereocenters. The maximum atomic E-state index is 15.5. The summed E-state index contributed by atoms with van der Waals surface area (Å²) in [5, 5.41) is 3.88. The van der Waals surface area contributed by atoms with Gasteiger partial charge in [-0.05, 0) is 55.7 Å². The number of pyridine rings is 1. The quantitative estimate of drug-likeness (QED) is 0.620. The number of fused-ring (bicyclic) bond motifs is 3. The lowest BCUT2D eigenvalue weighted by atomic mass is 9.94. The fraction of sp³-hybridized carbons (Fsp3) is 0.524. The van der Waals surface area contributed by atoms with E-state index in [1.807, 2.05) is 4.57 Å². The Balaban J connectivity index is 0.00000204. The van der Waals surface area contributed by atoms with E-state index >= 15 is 4.39 Å². The minimum absolute atomic E-state index is 0. The molecule has 7 nitrogen and oxygen atoms in total. The van der Waals surface area contributed by atoms with Crippen LogP contribution in [0.4, 0.5) is 10.1 Å². The van der Waals surface area contributed by atoms with E-state index in [0.717, 1.165) is 45.3 Å². The summed E-state index contributed by atoms with van der Waals surface area (Å²) < 4.78 is 26.0. The smallest absolute Gasteiger partial charge is 0.271 e. The van der Waals surface area contributed by atoms with E-state index < -0.39 is 16.8 Å². The van der Waals surface area contributed by atoms with Gasteiger partial charge in [0.15, 0.2) is 11.6 Å². The lowest BCUT2D eigenvalue weighted by Gasteiger charge is -2.25. The van der Waals surface area contributed by atoms with Crippen LogP contribution < -0.4 is 25.9 Å². The number of halogens is 2. The lowest BCUT2D eigenvalue weighted by Crippen LogP contribution is -2.40. The van der Waals surface area contributed by atoms with Gasteiger partial charge in [0.2, 0.25) is 5.43 Å². The Kier molecular flexibility index (Phi) is 5.02. The second kappa shape index (κ2) is 7.50. The zero-order valence-corrected chi connectivity index (χ0v) is 18.7. The first-order chi connectivity index (χ1) is 14.6. The van der Waals surface area contributed by atoms with Crippen molar-refractivity contribution in [3.8, 4) is 5.75 Å². The highest BCUT2D eigenvalue weighted by atomic mass is 35.5. The molecular formula is C21H24ClFN4O3S. The number of aromatic amines is 1. The van der Waals surface area contributed by atoms with Crippen LogP contribution in [-0.4, -0.2) is 41.7 Å². The molecule has 0 unspecified atom stereocenters. The fourth-order valence-electron chi connectivity index (χ4n) is 5.32. The average Bonchev–Trinajstić information content (AvgIpc) is 3.37. The molecule has 0 spiro atoms. The van der Waals surface area contributed by atoms with Crippen LogP contribution in [0.3, 0.4) is 0 Å². The molecule has 3 aliphatic rings. The first kappa shape index (κ1) is 20.8. The molecule has 1 aliphatic carbocycles. The number of hydrogen-bond donors (Lipinski definition) is 2. The van der Waals surface area contributed by atoms with Crippen molar-refractivity contribution in [3.05, 3.63) is 32.5 Å². The minimum Gasteiger partial charge on any atom is -0.492 e. The summed E-state index contributed by atoms with van der Waals surface area (Å²) in [7, 11) is 1.53. The number of methoxy groups -OCH3 is 1. The number of anilines is 1. The second-order valence-electron chi connectivity index (χ2n) is 8.65. The summed E-state index contributed by atoms with van der Waals surface area (Å²) in [6.45, 7) is 2.48. The fourth-order valence-corrected chi connectivity index (χ4v) is 6.23. The monoisotopic (exact) mass is 466 g/mol. The Morgan fingerprint density at radius 3 is 2.74 bits per heavy atom. The third-order valence-electron chi connectivity index (χ3n) is 6.83. The predicted molar refractivity (Wildman–Crippen MR) is 123 cm³/mol. The van der Waals surface area contributed by atoms with E-state index in [4.69, 9.17) is 4.74 Å².